The molecule has 0 aliphatic heterocycles. The minimum absolute atomic E-state index is 0.0259. The first-order chi connectivity index (χ1) is 11.3. The van der Waals surface area contributed by atoms with Crippen molar-refractivity contribution in [3.63, 3.8) is 0 Å². The van der Waals surface area contributed by atoms with E-state index in [0.29, 0.717) is 19.0 Å². The minimum Gasteiger partial charge on any atom is -0.481 e. The number of carboxylic acid groups (broad SMARTS) is 1. The summed E-state index contributed by atoms with van der Waals surface area (Å²) in [5, 5.41) is 9.04. The molecule has 0 saturated heterocycles. The van der Waals surface area contributed by atoms with E-state index in [2.05, 4.69) is 0 Å². The molecular weight excluding hydrogens is 320 g/mol. The highest BCUT2D eigenvalue weighted by atomic mass is 16.5. The van der Waals surface area contributed by atoms with Crippen LogP contribution in [0.2, 0.25) is 0 Å². The van der Waals surface area contributed by atoms with Crippen molar-refractivity contribution in [1.82, 2.24) is 4.90 Å². The highest BCUT2D eigenvalue weighted by Crippen LogP contribution is 2.31. The smallest absolute Gasteiger partial charge is 0.308 e. The molecule has 9 heteroatoms. The van der Waals surface area contributed by atoms with Crippen LogP contribution in [0.5, 0.6) is 0 Å². The van der Waals surface area contributed by atoms with E-state index >= 15 is 0 Å². The van der Waals surface area contributed by atoms with Gasteiger partial charge in [0.05, 0.1) is 30.9 Å². The Morgan fingerprint density at radius 1 is 1.33 bits per heavy atom. The molecule has 1 saturated carbocycles. The van der Waals surface area contributed by atoms with Gasteiger partial charge in [0.15, 0.2) is 0 Å². The molecule has 1 fully saturated rings. The maximum atomic E-state index is 12.1. The molecular formula is C15H22N2O7. The van der Waals surface area contributed by atoms with Gasteiger partial charge >= 0.3 is 11.9 Å². The van der Waals surface area contributed by atoms with Crippen LogP contribution in [-0.2, 0) is 28.7 Å². The molecule has 0 bridgehead atoms. The van der Waals surface area contributed by atoms with Crippen LogP contribution in [0.15, 0.2) is 0 Å². The number of aldehydes is 2. The standard InChI is InChI=1S/C15H22N2O7/c1-17(14-10(15(22)23)6-11(14)16)12(20)3-2-4-24-13(21)5-9(7-18)8-19/h7-11,14H,2-6,16H2,1H3,(H,22,23). The molecule has 0 radical (unpaired) electrons. The number of likely N-dealkylation sites (N-methyl/N-ethyl adjacent to an activating group) is 1. The van der Waals surface area contributed by atoms with E-state index in [-0.39, 0.29) is 37.8 Å². The molecule has 9 nitrogen and oxygen atoms in total. The number of esters is 1. The number of carbonyl (C=O) groups is 5. The highest BCUT2D eigenvalue weighted by molar-refractivity contribution is 5.84. The molecule has 0 spiro atoms. The molecule has 1 aliphatic rings. The number of rotatable bonds is 10. The van der Waals surface area contributed by atoms with Crippen LogP contribution in [0.4, 0.5) is 0 Å². The molecule has 0 aromatic rings. The second-order valence-electron chi connectivity index (χ2n) is 5.80. The lowest BCUT2D eigenvalue weighted by atomic mass is 9.74. The Balaban J connectivity index is 2.31. The predicted molar refractivity (Wildman–Crippen MR) is 80.7 cm³/mol. The van der Waals surface area contributed by atoms with Crippen molar-refractivity contribution in [2.75, 3.05) is 13.7 Å². The first kappa shape index (κ1) is 19.8. The summed E-state index contributed by atoms with van der Waals surface area (Å²) in [6, 6.07) is -0.889. The van der Waals surface area contributed by atoms with Gasteiger partial charge in [0.1, 0.15) is 12.6 Å². The molecule has 0 aromatic carbocycles. The number of hydrogen-bond donors (Lipinski definition) is 2. The molecule has 0 heterocycles. The van der Waals surface area contributed by atoms with E-state index in [4.69, 9.17) is 15.6 Å². The molecule has 24 heavy (non-hydrogen) atoms. The Labute approximate surface area is 139 Å². The number of ether oxygens (including phenoxy) is 1. The molecule has 134 valence electrons. The summed E-state index contributed by atoms with van der Waals surface area (Å²) in [5.74, 6) is -3.62. The molecule has 0 aromatic heterocycles. The summed E-state index contributed by atoms with van der Waals surface area (Å²) in [5.41, 5.74) is 5.77. The van der Waals surface area contributed by atoms with E-state index in [9.17, 15) is 24.0 Å². The molecule has 3 unspecified atom stereocenters. The second kappa shape index (κ2) is 9.11. The van der Waals surface area contributed by atoms with Crippen molar-refractivity contribution in [3.8, 4) is 0 Å². The van der Waals surface area contributed by atoms with Crippen molar-refractivity contribution in [2.24, 2.45) is 17.6 Å². The average molecular weight is 342 g/mol. The highest BCUT2D eigenvalue weighted by Gasteiger charge is 2.46. The predicted octanol–water partition coefficient (Wildman–Crippen LogP) is -1.03. The van der Waals surface area contributed by atoms with Crippen molar-refractivity contribution < 1.29 is 33.8 Å². The van der Waals surface area contributed by atoms with Gasteiger partial charge in [-0.05, 0) is 12.8 Å². The van der Waals surface area contributed by atoms with Crippen LogP contribution < -0.4 is 5.73 Å². The monoisotopic (exact) mass is 342 g/mol. The van der Waals surface area contributed by atoms with E-state index in [1.54, 1.807) is 0 Å². The molecule has 1 amide bonds. The van der Waals surface area contributed by atoms with E-state index < -0.39 is 29.8 Å². The van der Waals surface area contributed by atoms with Gasteiger partial charge < -0.3 is 30.1 Å². The van der Waals surface area contributed by atoms with Crippen molar-refractivity contribution >= 4 is 30.4 Å². The fourth-order valence-electron chi connectivity index (χ4n) is 2.61. The lowest BCUT2D eigenvalue weighted by molar-refractivity contribution is -0.153. The quantitative estimate of drug-likeness (QED) is 0.222. The van der Waals surface area contributed by atoms with E-state index in [0.717, 1.165) is 0 Å². The fraction of sp³-hybridized carbons (Fsp3) is 0.667. The number of amides is 1. The lowest BCUT2D eigenvalue weighted by Gasteiger charge is -2.45. The van der Waals surface area contributed by atoms with Crippen LogP contribution in [0.3, 0.4) is 0 Å². The maximum absolute atomic E-state index is 12.1. The number of hydrogen-bond acceptors (Lipinski definition) is 7. The van der Waals surface area contributed by atoms with Crippen LogP contribution in [0.1, 0.15) is 25.7 Å². The maximum Gasteiger partial charge on any atom is 0.308 e. The fourth-order valence-corrected chi connectivity index (χ4v) is 2.61. The number of nitrogens with zero attached hydrogens (tertiary/aromatic N) is 1. The lowest BCUT2D eigenvalue weighted by Crippen LogP contribution is -2.63. The Kier molecular flexibility index (Phi) is 7.50. The SMILES string of the molecule is CN(C(=O)CCCOC(=O)CC(C=O)C=O)C1C(N)CC1C(=O)O. The zero-order valence-electron chi connectivity index (χ0n) is 13.4. The van der Waals surface area contributed by atoms with Gasteiger partial charge in [-0.1, -0.05) is 0 Å². The first-order valence-electron chi connectivity index (χ1n) is 7.62. The number of nitrogens with two attached hydrogens (primary N) is 1. The van der Waals surface area contributed by atoms with Gasteiger partial charge in [0.2, 0.25) is 5.91 Å². The molecule has 3 atom stereocenters. The largest absolute Gasteiger partial charge is 0.481 e. The number of aliphatic carboxylic acids is 1. The van der Waals surface area contributed by atoms with Crippen LogP contribution in [-0.4, -0.2) is 66.2 Å². The van der Waals surface area contributed by atoms with Crippen LogP contribution in [0.25, 0.3) is 0 Å². The summed E-state index contributed by atoms with van der Waals surface area (Å²) in [7, 11) is 1.51. The number of carboxylic acids is 1. The number of carbonyl (C=O) groups excluding carboxylic acids is 4. The zero-order chi connectivity index (χ0) is 18.3. The van der Waals surface area contributed by atoms with E-state index in [1.807, 2.05) is 0 Å². The van der Waals surface area contributed by atoms with Crippen molar-refractivity contribution in [1.29, 1.82) is 0 Å². The Morgan fingerprint density at radius 3 is 2.46 bits per heavy atom. The Hall–Kier alpha value is -2.29. The minimum atomic E-state index is -1.02. The van der Waals surface area contributed by atoms with Gasteiger partial charge in [-0.15, -0.1) is 0 Å². The Morgan fingerprint density at radius 2 is 1.96 bits per heavy atom. The normalized spacial score (nSPS) is 22.4. The van der Waals surface area contributed by atoms with Gasteiger partial charge in [0.25, 0.3) is 0 Å². The topological polar surface area (TPSA) is 144 Å². The van der Waals surface area contributed by atoms with Gasteiger partial charge in [-0.2, -0.15) is 0 Å². The Bertz CT molecular complexity index is 500. The first-order valence-corrected chi connectivity index (χ1v) is 7.62. The van der Waals surface area contributed by atoms with Crippen LogP contribution >= 0.6 is 0 Å². The molecule has 1 aliphatic carbocycles. The third-order valence-corrected chi connectivity index (χ3v) is 4.08. The summed E-state index contributed by atoms with van der Waals surface area (Å²) >= 11 is 0. The van der Waals surface area contributed by atoms with Gasteiger partial charge in [-0.25, -0.2) is 0 Å². The summed E-state index contributed by atoms with van der Waals surface area (Å²) in [6.07, 6.45) is 1.08. The average Bonchev–Trinajstić information content (AvgIpc) is 2.53. The summed E-state index contributed by atoms with van der Waals surface area (Å²) in [6.45, 7) is -0.0259. The van der Waals surface area contributed by atoms with Crippen molar-refractivity contribution in [3.05, 3.63) is 0 Å². The summed E-state index contributed by atoms with van der Waals surface area (Å²) in [4.78, 5) is 56.6. The second-order valence-corrected chi connectivity index (χ2v) is 5.80. The van der Waals surface area contributed by atoms with Crippen molar-refractivity contribution in [2.45, 2.75) is 37.8 Å². The summed E-state index contributed by atoms with van der Waals surface area (Å²) < 4.78 is 4.84. The van der Waals surface area contributed by atoms with Crippen LogP contribution in [0, 0.1) is 11.8 Å². The van der Waals surface area contributed by atoms with Gasteiger partial charge in [-0.3, -0.25) is 14.4 Å². The third-order valence-electron chi connectivity index (χ3n) is 4.08. The third kappa shape index (κ3) is 5.12. The van der Waals surface area contributed by atoms with E-state index in [1.165, 1.54) is 11.9 Å². The molecule has 3 N–H and O–H groups in total. The van der Waals surface area contributed by atoms with Gasteiger partial charge in [0, 0.05) is 19.5 Å². The molecule has 1 rings (SSSR count). The zero-order valence-corrected chi connectivity index (χ0v) is 13.4.